The van der Waals surface area contributed by atoms with Crippen LogP contribution in [-0.2, 0) is 9.22 Å². The SMILES string of the molecule is C/C1=C\C(=O)[C@@]2(C)CC[C@H](C(C)C)[C@@H]2C/C=C(\CO[Si](c2ccccc2)(c2ccccc2)C(C)(C)C)C2=CC[C@H](C)[C@@H]2CC1. The van der Waals surface area contributed by atoms with E-state index in [0.29, 0.717) is 42.0 Å². The van der Waals surface area contributed by atoms with Gasteiger partial charge in [-0.05, 0) is 108 Å². The third kappa shape index (κ3) is 6.16. The topological polar surface area (TPSA) is 26.3 Å². The average Bonchev–Trinajstić information content (AvgIpc) is 3.53. The molecule has 3 aliphatic carbocycles. The van der Waals surface area contributed by atoms with Crippen molar-refractivity contribution >= 4 is 24.5 Å². The number of carbonyl (C=O) groups is 1. The van der Waals surface area contributed by atoms with E-state index in [1.54, 1.807) is 0 Å². The zero-order chi connectivity index (χ0) is 31.7. The Morgan fingerprint density at radius 2 is 1.55 bits per heavy atom. The molecule has 0 spiro atoms. The summed E-state index contributed by atoms with van der Waals surface area (Å²) in [6.07, 6.45) is 13.3. The second-order valence-corrected chi connectivity index (χ2v) is 20.1. The average molecular weight is 609 g/mol. The van der Waals surface area contributed by atoms with E-state index in [-0.39, 0.29) is 10.5 Å². The number of rotatable bonds is 6. The first-order valence-corrected chi connectivity index (χ1v) is 19.2. The van der Waals surface area contributed by atoms with Crippen molar-refractivity contribution in [3.8, 4) is 0 Å². The van der Waals surface area contributed by atoms with Crippen molar-refractivity contribution in [1.82, 2.24) is 0 Å². The minimum absolute atomic E-state index is 0.0700. The van der Waals surface area contributed by atoms with Gasteiger partial charge in [-0.25, -0.2) is 0 Å². The molecular weight excluding hydrogens is 553 g/mol. The molecule has 44 heavy (non-hydrogen) atoms. The number of fused-ring (bicyclic) bond motifs is 2. The van der Waals surface area contributed by atoms with Crippen LogP contribution in [0.3, 0.4) is 0 Å². The standard InChI is InChI=1S/C41H56O2Si/c1-29(2)35-25-26-41(8)38(35)24-21-32(37-23-20-31(4)36(37)22-19-30(3)27-39(41)42)28-43-44(40(5,6)7,33-15-11-9-12-16-33)34-17-13-10-14-18-34/h9-18,21,23,27,29,31,35-36,38H,19-20,22,24-26,28H2,1-8H3/b30-27+,32-21+/t31-,35+,36-,38-,41-/m0/s1. The molecule has 0 bridgehead atoms. The molecule has 3 heteroatoms. The van der Waals surface area contributed by atoms with Crippen LogP contribution in [0.2, 0.25) is 5.04 Å². The Balaban J connectivity index is 1.61. The van der Waals surface area contributed by atoms with Crippen molar-refractivity contribution in [3.05, 3.63) is 95.6 Å². The lowest BCUT2D eigenvalue weighted by molar-refractivity contribution is -0.125. The summed E-state index contributed by atoms with van der Waals surface area (Å²) in [6.45, 7) is 19.3. The van der Waals surface area contributed by atoms with Crippen LogP contribution in [-0.4, -0.2) is 20.7 Å². The highest BCUT2D eigenvalue weighted by molar-refractivity contribution is 6.99. The van der Waals surface area contributed by atoms with Gasteiger partial charge in [-0.15, -0.1) is 0 Å². The Hall–Kier alpha value is -2.49. The third-order valence-electron chi connectivity index (χ3n) is 11.6. The molecule has 5 atom stereocenters. The van der Waals surface area contributed by atoms with E-state index in [0.717, 1.165) is 38.5 Å². The molecule has 5 rings (SSSR count). The van der Waals surface area contributed by atoms with Gasteiger partial charge in [0.05, 0.1) is 6.61 Å². The van der Waals surface area contributed by atoms with Crippen molar-refractivity contribution in [2.24, 2.45) is 35.0 Å². The third-order valence-corrected chi connectivity index (χ3v) is 16.6. The summed E-state index contributed by atoms with van der Waals surface area (Å²) >= 11 is 0. The predicted octanol–water partition coefficient (Wildman–Crippen LogP) is 9.46. The fourth-order valence-corrected chi connectivity index (χ4v) is 13.5. The van der Waals surface area contributed by atoms with Gasteiger partial charge in [-0.3, -0.25) is 4.79 Å². The molecule has 3 aliphatic rings. The maximum Gasteiger partial charge on any atom is 0.261 e. The molecule has 2 aromatic carbocycles. The van der Waals surface area contributed by atoms with E-state index in [1.165, 1.54) is 27.1 Å². The van der Waals surface area contributed by atoms with E-state index in [2.05, 4.69) is 128 Å². The largest absolute Gasteiger partial charge is 0.403 e. The molecule has 0 heterocycles. The summed E-state index contributed by atoms with van der Waals surface area (Å²) in [5.41, 5.74) is 3.83. The van der Waals surface area contributed by atoms with Crippen LogP contribution >= 0.6 is 0 Å². The fourth-order valence-electron chi connectivity index (χ4n) is 8.93. The van der Waals surface area contributed by atoms with E-state index in [4.69, 9.17) is 4.43 Å². The maximum absolute atomic E-state index is 13.9. The predicted molar refractivity (Wildman–Crippen MR) is 189 cm³/mol. The first kappa shape index (κ1) is 32.9. The molecule has 1 fully saturated rings. The highest BCUT2D eigenvalue weighted by Crippen LogP contribution is 2.53. The van der Waals surface area contributed by atoms with Crippen LogP contribution in [0.5, 0.6) is 0 Å². The van der Waals surface area contributed by atoms with E-state index in [1.807, 2.05) is 6.08 Å². The number of ketones is 1. The molecule has 2 aromatic rings. The first-order chi connectivity index (χ1) is 20.9. The normalized spacial score (nSPS) is 30.8. The molecule has 0 aliphatic heterocycles. The van der Waals surface area contributed by atoms with E-state index in [9.17, 15) is 4.79 Å². The molecule has 0 saturated heterocycles. The molecular formula is C41H56O2Si. The number of hydrogen-bond donors (Lipinski definition) is 0. The van der Waals surface area contributed by atoms with Crippen LogP contribution in [0.4, 0.5) is 0 Å². The summed E-state index contributed by atoms with van der Waals surface area (Å²) in [6, 6.07) is 22.1. The van der Waals surface area contributed by atoms with Crippen molar-refractivity contribution in [2.45, 2.75) is 99.0 Å². The number of carbonyl (C=O) groups excluding carboxylic acids is 1. The smallest absolute Gasteiger partial charge is 0.261 e. The maximum atomic E-state index is 13.9. The number of hydrogen-bond acceptors (Lipinski definition) is 2. The monoisotopic (exact) mass is 608 g/mol. The molecule has 0 N–H and O–H groups in total. The summed E-state index contributed by atoms with van der Waals surface area (Å²) in [7, 11) is -2.69. The van der Waals surface area contributed by atoms with Crippen LogP contribution in [0.15, 0.2) is 95.6 Å². The Morgan fingerprint density at radius 1 is 0.932 bits per heavy atom. The van der Waals surface area contributed by atoms with Crippen LogP contribution in [0, 0.1) is 35.0 Å². The molecule has 0 amide bonds. The van der Waals surface area contributed by atoms with Crippen molar-refractivity contribution in [2.75, 3.05) is 6.61 Å². The Bertz CT molecular complexity index is 1350. The van der Waals surface area contributed by atoms with E-state index >= 15 is 0 Å². The lowest BCUT2D eigenvalue weighted by Crippen LogP contribution is -2.66. The summed E-state index contributed by atoms with van der Waals surface area (Å²) < 4.78 is 7.58. The Labute approximate surface area is 269 Å². The molecule has 1 saturated carbocycles. The second-order valence-electron chi connectivity index (χ2n) is 15.8. The van der Waals surface area contributed by atoms with Crippen molar-refractivity contribution < 1.29 is 9.22 Å². The van der Waals surface area contributed by atoms with Gasteiger partial charge in [0.1, 0.15) is 0 Å². The van der Waals surface area contributed by atoms with Gasteiger partial charge in [0.25, 0.3) is 8.32 Å². The summed E-state index contributed by atoms with van der Waals surface area (Å²) in [5.74, 6) is 2.93. The molecule has 0 radical (unpaired) electrons. The van der Waals surface area contributed by atoms with Gasteiger partial charge in [-0.2, -0.15) is 0 Å². The molecule has 0 aromatic heterocycles. The van der Waals surface area contributed by atoms with Gasteiger partial charge >= 0.3 is 0 Å². The number of benzene rings is 2. The quantitative estimate of drug-likeness (QED) is 0.305. The Morgan fingerprint density at radius 3 is 2.11 bits per heavy atom. The van der Waals surface area contributed by atoms with Gasteiger partial charge < -0.3 is 4.43 Å². The first-order valence-electron chi connectivity index (χ1n) is 17.2. The minimum Gasteiger partial charge on any atom is -0.403 e. The highest BCUT2D eigenvalue weighted by Gasteiger charge is 2.51. The lowest BCUT2D eigenvalue weighted by atomic mass is 9.69. The zero-order valence-corrected chi connectivity index (χ0v) is 29.7. The van der Waals surface area contributed by atoms with E-state index < -0.39 is 8.32 Å². The van der Waals surface area contributed by atoms with Gasteiger partial charge in [0.15, 0.2) is 5.78 Å². The van der Waals surface area contributed by atoms with Crippen LogP contribution in [0.1, 0.15) is 93.9 Å². The minimum atomic E-state index is -2.69. The molecule has 236 valence electrons. The van der Waals surface area contributed by atoms with Crippen molar-refractivity contribution in [3.63, 3.8) is 0 Å². The lowest BCUT2D eigenvalue weighted by Gasteiger charge is -2.43. The highest BCUT2D eigenvalue weighted by atomic mass is 28.4. The molecule has 2 nitrogen and oxygen atoms in total. The van der Waals surface area contributed by atoms with Crippen molar-refractivity contribution in [1.29, 1.82) is 0 Å². The van der Waals surface area contributed by atoms with Gasteiger partial charge in [0.2, 0.25) is 0 Å². The number of allylic oxidation sites excluding steroid dienone is 4. The fraction of sp³-hybridized carbons (Fsp3) is 0.537. The van der Waals surface area contributed by atoms with Crippen LogP contribution < -0.4 is 10.4 Å². The zero-order valence-electron chi connectivity index (χ0n) is 28.7. The summed E-state index contributed by atoms with van der Waals surface area (Å²) in [5, 5.41) is 2.58. The summed E-state index contributed by atoms with van der Waals surface area (Å²) in [4.78, 5) is 13.9. The second kappa shape index (κ2) is 13.1. The van der Waals surface area contributed by atoms with Gasteiger partial charge in [0, 0.05) is 5.41 Å². The Kier molecular flexibility index (Phi) is 9.78. The molecule has 0 unspecified atom stereocenters. The van der Waals surface area contributed by atoms with Crippen LogP contribution in [0.25, 0.3) is 0 Å². The van der Waals surface area contributed by atoms with Gasteiger partial charge in [-0.1, -0.05) is 127 Å².